The highest BCUT2D eigenvalue weighted by Crippen LogP contribution is 2.29. The number of methoxy groups -OCH3 is 1. The molecule has 0 aliphatic carbocycles. The number of thiazole rings is 1. The molecule has 0 atom stereocenters. The zero-order valence-corrected chi connectivity index (χ0v) is 17.7. The van der Waals surface area contributed by atoms with E-state index in [1.165, 1.54) is 5.56 Å². The lowest BCUT2D eigenvalue weighted by Gasteiger charge is -2.07. The van der Waals surface area contributed by atoms with Crippen molar-refractivity contribution >= 4 is 17.2 Å². The fourth-order valence-electron chi connectivity index (χ4n) is 3.08. The van der Waals surface area contributed by atoms with Crippen LogP contribution in [0.5, 0.6) is 5.75 Å². The van der Waals surface area contributed by atoms with E-state index in [4.69, 9.17) is 9.72 Å². The Morgan fingerprint density at radius 3 is 2.47 bits per heavy atom. The summed E-state index contributed by atoms with van der Waals surface area (Å²) in [5.41, 5.74) is 6.04. The number of hydrogen-bond donors (Lipinski definition) is 1. The Labute approximate surface area is 180 Å². The van der Waals surface area contributed by atoms with Crippen molar-refractivity contribution in [1.29, 1.82) is 0 Å². The average molecular weight is 415 g/mol. The Morgan fingerprint density at radius 1 is 1.00 bits per heavy atom. The quantitative estimate of drug-likeness (QED) is 0.439. The van der Waals surface area contributed by atoms with Crippen LogP contribution < -0.4 is 10.1 Å². The molecule has 3 aromatic carbocycles. The minimum Gasteiger partial charge on any atom is -0.497 e. The molecular formula is C25H22N2O2S. The molecule has 4 rings (SSSR count). The van der Waals surface area contributed by atoms with Gasteiger partial charge in [-0.15, -0.1) is 11.3 Å². The topological polar surface area (TPSA) is 51.2 Å². The summed E-state index contributed by atoms with van der Waals surface area (Å²) < 4.78 is 5.17. The molecule has 0 radical (unpaired) electrons. The van der Waals surface area contributed by atoms with E-state index in [9.17, 15) is 4.79 Å². The molecule has 1 N–H and O–H groups in total. The predicted octanol–water partition coefficient (Wildman–Crippen LogP) is 5.72. The van der Waals surface area contributed by atoms with Gasteiger partial charge in [0.1, 0.15) is 10.8 Å². The van der Waals surface area contributed by atoms with E-state index in [1.807, 2.05) is 30.3 Å². The number of aromatic nitrogens is 1. The van der Waals surface area contributed by atoms with Crippen molar-refractivity contribution in [3.8, 4) is 27.6 Å². The Balaban J connectivity index is 1.40. The van der Waals surface area contributed by atoms with Crippen LogP contribution in [-0.4, -0.2) is 18.0 Å². The van der Waals surface area contributed by atoms with Crippen LogP contribution in [-0.2, 0) is 6.54 Å². The lowest BCUT2D eigenvalue weighted by molar-refractivity contribution is 0.0950. The van der Waals surface area contributed by atoms with Crippen LogP contribution in [0.4, 0.5) is 0 Å². The Morgan fingerprint density at radius 2 is 1.73 bits per heavy atom. The van der Waals surface area contributed by atoms with Gasteiger partial charge in [0, 0.05) is 28.6 Å². The number of nitrogens with one attached hydrogen (secondary N) is 1. The van der Waals surface area contributed by atoms with Crippen LogP contribution in [0.1, 0.15) is 21.5 Å². The van der Waals surface area contributed by atoms with E-state index in [0.29, 0.717) is 17.9 Å². The summed E-state index contributed by atoms with van der Waals surface area (Å²) >= 11 is 1.63. The van der Waals surface area contributed by atoms with Crippen molar-refractivity contribution in [2.75, 3.05) is 7.11 Å². The molecule has 4 aromatic rings. The maximum absolute atomic E-state index is 12.4. The lowest BCUT2D eigenvalue weighted by atomic mass is 10.1. The molecule has 0 bridgehead atoms. The fraction of sp³-hybridized carbons (Fsp3) is 0.120. The van der Waals surface area contributed by atoms with Gasteiger partial charge in [-0.1, -0.05) is 60.2 Å². The van der Waals surface area contributed by atoms with Crippen LogP contribution in [0.15, 0.2) is 78.2 Å². The first-order chi connectivity index (χ1) is 14.6. The molecule has 0 aliphatic heterocycles. The number of amides is 1. The van der Waals surface area contributed by atoms with Crippen molar-refractivity contribution in [3.05, 3.63) is 94.9 Å². The van der Waals surface area contributed by atoms with E-state index in [2.05, 4.69) is 41.9 Å². The molecular weight excluding hydrogens is 392 g/mol. The summed E-state index contributed by atoms with van der Waals surface area (Å²) in [5.74, 6) is 0.543. The first-order valence-corrected chi connectivity index (χ1v) is 10.5. The molecule has 0 unspecified atom stereocenters. The predicted molar refractivity (Wildman–Crippen MR) is 122 cm³/mol. The van der Waals surface area contributed by atoms with E-state index in [-0.39, 0.29) is 5.91 Å². The largest absolute Gasteiger partial charge is 0.497 e. The molecule has 0 fully saturated rings. The monoisotopic (exact) mass is 414 g/mol. The summed E-state index contributed by atoms with van der Waals surface area (Å²) in [6.45, 7) is 2.54. The molecule has 1 amide bonds. The van der Waals surface area contributed by atoms with Crippen LogP contribution in [0.3, 0.4) is 0 Å². The zero-order valence-electron chi connectivity index (χ0n) is 16.9. The van der Waals surface area contributed by atoms with Gasteiger partial charge in [-0.25, -0.2) is 4.98 Å². The minimum atomic E-state index is -0.124. The SMILES string of the molecule is COc1cccc(C(=O)NCc2ccc(-c3nc(-c4ccc(C)cc4)cs3)cc2)c1. The number of rotatable bonds is 6. The normalized spacial score (nSPS) is 10.6. The third-order valence-electron chi connectivity index (χ3n) is 4.84. The van der Waals surface area contributed by atoms with Gasteiger partial charge in [0.15, 0.2) is 0 Å². The van der Waals surface area contributed by atoms with Gasteiger partial charge in [-0.2, -0.15) is 0 Å². The van der Waals surface area contributed by atoms with Gasteiger partial charge in [0.25, 0.3) is 5.91 Å². The fourth-order valence-corrected chi connectivity index (χ4v) is 3.91. The molecule has 5 heteroatoms. The molecule has 1 aromatic heterocycles. The van der Waals surface area contributed by atoms with Crippen LogP contribution in [0.25, 0.3) is 21.8 Å². The summed E-state index contributed by atoms with van der Waals surface area (Å²) in [5, 5.41) is 6.02. The maximum atomic E-state index is 12.4. The second-order valence-electron chi connectivity index (χ2n) is 7.02. The zero-order chi connectivity index (χ0) is 20.9. The smallest absolute Gasteiger partial charge is 0.251 e. The molecule has 150 valence electrons. The van der Waals surface area contributed by atoms with Gasteiger partial charge >= 0.3 is 0 Å². The number of carbonyl (C=O) groups is 1. The first kappa shape index (κ1) is 19.9. The van der Waals surface area contributed by atoms with Gasteiger partial charge in [0.2, 0.25) is 0 Å². The number of nitrogens with zero attached hydrogens (tertiary/aromatic N) is 1. The van der Waals surface area contributed by atoms with Crippen LogP contribution in [0.2, 0.25) is 0 Å². The van der Waals surface area contributed by atoms with Crippen molar-refractivity contribution in [2.45, 2.75) is 13.5 Å². The van der Waals surface area contributed by atoms with Crippen molar-refractivity contribution in [3.63, 3.8) is 0 Å². The third-order valence-corrected chi connectivity index (χ3v) is 5.73. The molecule has 0 spiro atoms. The second kappa shape index (κ2) is 8.93. The Kier molecular flexibility index (Phi) is 5.91. The van der Waals surface area contributed by atoms with E-state index in [1.54, 1.807) is 36.6 Å². The summed E-state index contributed by atoms with van der Waals surface area (Å²) in [6, 6.07) is 23.7. The molecule has 0 saturated heterocycles. The van der Waals surface area contributed by atoms with Gasteiger partial charge in [-0.3, -0.25) is 4.79 Å². The Bertz CT molecular complexity index is 1150. The van der Waals surface area contributed by atoms with Crippen molar-refractivity contribution in [2.24, 2.45) is 0 Å². The number of hydrogen-bond acceptors (Lipinski definition) is 4. The number of carbonyl (C=O) groups excluding carboxylic acids is 1. The van der Waals surface area contributed by atoms with Gasteiger partial charge in [-0.05, 0) is 30.7 Å². The highest BCUT2D eigenvalue weighted by atomic mass is 32.1. The first-order valence-electron chi connectivity index (χ1n) is 9.66. The molecule has 30 heavy (non-hydrogen) atoms. The van der Waals surface area contributed by atoms with Crippen molar-refractivity contribution in [1.82, 2.24) is 10.3 Å². The lowest BCUT2D eigenvalue weighted by Crippen LogP contribution is -2.22. The van der Waals surface area contributed by atoms with Gasteiger partial charge in [0.05, 0.1) is 12.8 Å². The van der Waals surface area contributed by atoms with Crippen LogP contribution in [0, 0.1) is 6.92 Å². The highest BCUT2D eigenvalue weighted by Gasteiger charge is 2.09. The average Bonchev–Trinajstić information content (AvgIpc) is 3.28. The highest BCUT2D eigenvalue weighted by molar-refractivity contribution is 7.13. The number of aryl methyl sites for hydroxylation is 1. The second-order valence-corrected chi connectivity index (χ2v) is 7.87. The van der Waals surface area contributed by atoms with E-state index in [0.717, 1.165) is 27.4 Å². The molecule has 0 aliphatic rings. The third kappa shape index (κ3) is 4.58. The van der Waals surface area contributed by atoms with Gasteiger partial charge < -0.3 is 10.1 Å². The van der Waals surface area contributed by atoms with Crippen LogP contribution >= 0.6 is 11.3 Å². The maximum Gasteiger partial charge on any atom is 0.251 e. The molecule has 0 saturated carbocycles. The van der Waals surface area contributed by atoms with Crippen molar-refractivity contribution < 1.29 is 9.53 Å². The van der Waals surface area contributed by atoms with E-state index < -0.39 is 0 Å². The summed E-state index contributed by atoms with van der Waals surface area (Å²) in [6.07, 6.45) is 0. The standard InChI is InChI=1S/C25H22N2O2S/c1-17-6-10-19(11-7-17)23-16-30-25(27-23)20-12-8-18(9-13-20)15-26-24(28)21-4-3-5-22(14-21)29-2/h3-14,16H,15H2,1-2H3,(H,26,28). The summed E-state index contributed by atoms with van der Waals surface area (Å²) in [4.78, 5) is 17.1. The molecule has 4 nitrogen and oxygen atoms in total. The Hall–Kier alpha value is -3.44. The number of benzene rings is 3. The summed E-state index contributed by atoms with van der Waals surface area (Å²) in [7, 11) is 1.59. The van der Waals surface area contributed by atoms with E-state index >= 15 is 0 Å². The number of ether oxygens (including phenoxy) is 1. The molecule has 1 heterocycles. The minimum absolute atomic E-state index is 0.124.